The maximum atomic E-state index is 9.01. The third kappa shape index (κ3) is 4.73. The number of hydrogen-bond donors (Lipinski definition) is 2. The van der Waals surface area contributed by atoms with Gasteiger partial charge in [0.25, 0.3) is 0 Å². The Morgan fingerprint density at radius 2 is 1.24 bits per heavy atom. The van der Waals surface area contributed by atoms with E-state index in [4.69, 9.17) is 45.0 Å². The van der Waals surface area contributed by atoms with Crippen molar-refractivity contribution in [2.24, 2.45) is 0 Å². The Labute approximate surface area is 114 Å². The Morgan fingerprint density at radius 1 is 0.765 bits per heavy atom. The zero-order valence-corrected chi connectivity index (χ0v) is 10.8. The topological polar surface area (TPSA) is 40.5 Å². The van der Waals surface area contributed by atoms with Crippen LogP contribution in [-0.2, 0) is 0 Å². The van der Waals surface area contributed by atoms with Crippen molar-refractivity contribution in [3.8, 4) is 11.5 Å². The molecule has 0 aromatic heterocycles. The number of phenols is 2. The van der Waals surface area contributed by atoms with Crippen molar-refractivity contribution in [3.05, 3.63) is 57.5 Å². The van der Waals surface area contributed by atoms with E-state index in [9.17, 15) is 0 Å². The molecule has 0 saturated carbocycles. The van der Waals surface area contributed by atoms with Crippen LogP contribution in [0.2, 0.25) is 15.1 Å². The van der Waals surface area contributed by atoms with E-state index in [1.165, 1.54) is 12.1 Å². The highest BCUT2D eigenvalue weighted by atomic mass is 35.5. The molecule has 0 spiro atoms. The van der Waals surface area contributed by atoms with Gasteiger partial charge in [0, 0.05) is 5.02 Å². The van der Waals surface area contributed by atoms with Crippen LogP contribution < -0.4 is 0 Å². The van der Waals surface area contributed by atoms with Crippen LogP contribution in [0.15, 0.2) is 42.5 Å². The van der Waals surface area contributed by atoms with Crippen molar-refractivity contribution < 1.29 is 10.2 Å². The first kappa shape index (κ1) is 14.0. The fourth-order valence-electron chi connectivity index (χ4n) is 0.963. The van der Waals surface area contributed by atoms with Gasteiger partial charge in [-0.15, -0.1) is 0 Å². The number of rotatable bonds is 0. The summed E-state index contributed by atoms with van der Waals surface area (Å²) in [6.07, 6.45) is 0. The second kappa shape index (κ2) is 6.60. The molecule has 2 nitrogen and oxygen atoms in total. The largest absolute Gasteiger partial charge is 0.508 e. The van der Waals surface area contributed by atoms with Gasteiger partial charge in [-0.1, -0.05) is 53.0 Å². The van der Waals surface area contributed by atoms with Crippen LogP contribution in [-0.4, -0.2) is 10.2 Å². The lowest BCUT2D eigenvalue weighted by Gasteiger charge is -1.98. The summed E-state index contributed by atoms with van der Waals surface area (Å²) in [6, 6.07) is 11.6. The average Bonchev–Trinajstić information content (AvgIpc) is 2.27. The van der Waals surface area contributed by atoms with E-state index in [2.05, 4.69) is 0 Å². The summed E-state index contributed by atoms with van der Waals surface area (Å²) in [5.41, 5.74) is 0. The zero-order chi connectivity index (χ0) is 12.8. The maximum absolute atomic E-state index is 9.01. The molecule has 0 fully saturated rings. The standard InChI is InChI=1S/C6H3Cl3O.C6H6O/c7-3-1-4(8)6(10)5(9)2-3;7-6-4-2-1-3-5-6/h1-2,10H;1-5,7H. The number of aromatic hydroxyl groups is 2. The lowest BCUT2D eigenvalue weighted by atomic mass is 10.3. The first-order valence-corrected chi connectivity index (χ1v) is 5.71. The van der Waals surface area contributed by atoms with E-state index in [1.807, 2.05) is 6.07 Å². The zero-order valence-electron chi connectivity index (χ0n) is 8.57. The van der Waals surface area contributed by atoms with Crippen LogP contribution >= 0.6 is 34.8 Å². The molecule has 2 N–H and O–H groups in total. The Morgan fingerprint density at radius 3 is 1.59 bits per heavy atom. The molecule has 0 aliphatic carbocycles. The van der Waals surface area contributed by atoms with Crippen molar-refractivity contribution in [2.75, 3.05) is 0 Å². The number of phenolic OH excluding ortho intramolecular Hbond substituents is 2. The van der Waals surface area contributed by atoms with Crippen LogP contribution in [0.4, 0.5) is 0 Å². The molecule has 0 aliphatic heterocycles. The predicted octanol–water partition coefficient (Wildman–Crippen LogP) is 4.74. The fraction of sp³-hybridized carbons (Fsp3) is 0. The summed E-state index contributed by atoms with van der Waals surface area (Å²) in [5.74, 6) is 0.190. The highest BCUT2D eigenvalue weighted by Crippen LogP contribution is 2.34. The van der Waals surface area contributed by atoms with Crippen LogP contribution in [0.1, 0.15) is 0 Å². The van der Waals surface area contributed by atoms with Gasteiger partial charge in [-0.05, 0) is 24.3 Å². The Hall–Kier alpha value is -1.09. The molecule has 17 heavy (non-hydrogen) atoms. The van der Waals surface area contributed by atoms with E-state index >= 15 is 0 Å². The van der Waals surface area contributed by atoms with E-state index in [0.29, 0.717) is 10.8 Å². The predicted molar refractivity (Wildman–Crippen MR) is 71.2 cm³/mol. The van der Waals surface area contributed by atoms with Crippen LogP contribution in [0, 0.1) is 0 Å². The third-order valence-electron chi connectivity index (χ3n) is 1.74. The minimum absolute atomic E-state index is 0.132. The van der Waals surface area contributed by atoms with Crippen molar-refractivity contribution >= 4 is 34.8 Å². The van der Waals surface area contributed by atoms with Crippen LogP contribution in [0.3, 0.4) is 0 Å². The summed E-state index contributed by atoms with van der Waals surface area (Å²) in [5, 5.41) is 18.4. The van der Waals surface area contributed by atoms with Crippen molar-refractivity contribution in [1.82, 2.24) is 0 Å². The molecule has 0 amide bonds. The highest BCUT2D eigenvalue weighted by Gasteiger charge is 2.04. The summed E-state index contributed by atoms with van der Waals surface area (Å²) in [4.78, 5) is 0. The van der Waals surface area contributed by atoms with Gasteiger partial charge >= 0.3 is 0 Å². The smallest absolute Gasteiger partial charge is 0.152 e. The Bertz CT molecular complexity index is 463. The molecular formula is C12H9Cl3O2. The fourth-order valence-corrected chi connectivity index (χ4v) is 1.78. The van der Waals surface area contributed by atoms with Crippen LogP contribution in [0.25, 0.3) is 0 Å². The summed E-state index contributed by atoms with van der Waals surface area (Å²) in [6.45, 7) is 0. The minimum atomic E-state index is -0.132. The van der Waals surface area contributed by atoms with Crippen molar-refractivity contribution in [1.29, 1.82) is 0 Å². The molecule has 5 heteroatoms. The van der Waals surface area contributed by atoms with Crippen molar-refractivity contribution in [3.63, 3.8) is 0 Å². The monoisotopic (exact) mass is 290 g/mol. The molecule has 0 bridgehead atoms. The van der Waals surface area contributed by atoms with E-state index in [0.717, 1.165) is 0 Å². The summed E-state index contributed by atoms with van der Waals surface area (Å²) in [7, 11) is 0. The minimum Gasteiger partial charge on any atom is -0.508 e. The van der Waals surface area contributed by atoms with Crippen LogP contribution in [0.5, 0.6) is 11.5 Å². The van der Waals surface area contributed by atoms with Gasteiger partial charge in [0.05, 0.1) is 10.0 Å². The van der Waals surface area contributed by atoms with Gasteiger partial charge < -0.3 is 10.2 Å². The second-order valence-electron chi connectivity index (χ2n) is 3.05. The first-order chi connectivity index (χ1) is 8.00. The maximum Gasteiger partial charge on any atom is 0.152 e. The lowest BCUT2D eigenvalue weighted by molar-refractivity contribution is 0.475. The lowest BCUT2D eigenvalue weighted by Crippen LogP contribution is -1.70. The first-order valence-electron chi connectivity index (χ1n) is 4.58. The summed E-state index contributed by atoms with van der Waals surface area (Å²) < 4.78 is 0. The second-order valence-corrected chi connectivity index (χ2v) is 4.30. The molecule has 2 aromatic carbocycles. The molecule has 0 unspecified atom stereocenters. The van der Waals surface area contributed by atoms with Crippen molar-refractivity contribution in [2.45, 2.75) is 0 Å². The quantitative estimate of drug-likeness (QED) is 0.735. The molecular weight excluding hydrogens is 282 g/mol. The SMILES string of the molecule is Oc1c(Cl)cc(Cl)cc1Cl.Oc1ccccc1. The van der Waals surface area contributed by atoms with E-state index < -0.39 is 0 Å². The van der Waals surface area contributed by atoms with Gasteiger partial charge in [-0.2, -0.15) is 0 Å². The number of para-hydroxylation sites is 1. The normalized spacial score (nSPS) is 9.35. The molecule has 0 aliphatic rings. The molecule has 0 heterocycles. The molecule has 0 radical (unpaired) electrons. The molecule has 2 rings (SSSR count). The number of benzene rings is 2. The van der Waals surface area contributed by atoms with Gasteiger partial charge in [0.15, 0.2) is 5.75 Å². The third-order valence-corrected chi connectivity index (χ3v) is 2.53. The highest BCUT2D eigenvalue weighted by molar-refractivity contribution is 6.40. The molecule has 0 atom stereocenters. The van der Waals surface area contributed by atoms with E-state index in [1.54, 1.807) is 24.3 Å². The van der Waals surface area contributed by atoms with Gasteiger partial charge in [-0.25, -0.2) is 0 Å². The van der Waals surface area contributed by atoms with Gasteiger partial charge in [0.1, 0.15) is 5.75 Å². The average molecular weight is 292 g/mol. The Kier molecular flexibility index (Phi) is 5.42. The molecule has 0 saturated heterocycles. The van der Waals surface area contributed by atoms with Gasteiger partial charge in [0.2, 0.25) is 0 Å². The Balaban J connectivity index is 0.000000181. The molecule has 2 aromatic rings. The molecule has 90 valence electrons. The number of halogens is 3. The number of hydrogen-bond acceptors (Lipinski definition) is 2. The van der Waals surface area contributed by atoms with Gasteiger partial charge in [-0.3, -0.25) is 0 Å². The summed E-state index contributed by atoms with van der Waals surface area (Å²) >= 11 is 16.5. The van der Waals surface area contributed by atoms with E-state index in [-0.39, 0.29) is 15.8 Å².